The van der Waals surface area contributed by atoms with Gasteiger partial charge in [0.05, 0.1) is 11.1 Å². The number of halogens is 1. The first-order chi connectivity index (χ1) is 10.1. The third-order valence-corrected chi connectivity index (χ3v) is 4.05. The van der Waals surface area contributed by atoms with Gasteiger partial charge in [0, 0.05) is 18.1 Å². The second-order valence-electron chi connectivity index (χ2n) is 4.52. The average molecular weight is 325 g/mol. The molecule has 2 rings (SSSR count). The molecule has 0 aliphatic carbocycles. The zero-order valence-corrected chi connectivity index (χ0v) is 13.5. The monoisotopic (exact) mass is 324 g/mol. The van der Waals surface area contributed by atoms with Gasteiger partial charge in [-0.05, 0) is 25.5 Å². The molecule has 0 aromatic carbocycles. The average Bonchev–Trinajstić information content (AvgIpc) is 3.00. The lowest BCUT2D eigenvalue weighted by Crippen LogP contribution is -2.27. The van der Waals surface area contributed by atoms with Crippen molar-refractivity contribution >= 4 is 34.7 Å². The predicted molar refractivity (Wildman–Crippen MR) is 86.0 cm³/mol. The number of hydrogen-bond donors (Lipinski definition) is 2. The number of nitrogens with one attached hydrogen (secondary N) is 2. The predicted octanol–water partition coefficient (Wildman–Crippen LogP) is 3.50. The quantitative estimate of drug-likeness (QED) is 0.853. The highest BCUT2D eigenvalue weighted by Crippen LogP contribution is 2.19. The maximum atomic E-state index is 12.3. The summed E-state index contributed by atoms with van der Waals surface area (Å²) in [4.78, 5) is 20.7. The standard InChI is InChI=1S/C14H17ClN4OS/c1-3-6-16-11-5-4-10(15)12(19-11)13(20)18-9(2)14-17-7-8-21-14/h4-5,7-9H,3,6H2,1-2H3,(H,16,19)(H,18,20). The molecular formula is C14H17ClN4OS. The third kappa shape index (κ3) is 4.15. The molecule has 2 aromatic heterocycles. The normalized spacial score (nSPS) is 12.0. The number of aromatic nitrogens is 2. The van der Waals surface area contributed by atoms with E-state index in [1.165, 1.54) is 11.3 Å². The molecule has 0 fully saturated rings. The Balaban J connectivity index is 2.10. The van der Waals surface area contributed by atoms with Crippen molar-refractivity contribution in [2.24, 2.45) is 0 Å². The number of rotatable bonds is 6. The minimum atomic E-state index is -0.303. The molecule has 0 radical (unpaired) electrons. The van der Waals surface area contributed by atoms with Crippen molar-refractivity contribution in [2.45, 2.75) is 26.3 Å². The molecule has 5 nitrogen and oxygen atoms in total. The molecule has 0 aliphatic heterocycles. The van der Waals surface area contributed by atoms with E-state index in [9.17, 15) is 4.79 Å². The molecule has 2 aromatic rings. The van der Waals surface area contributed by atoms with Crippen LogP contribution in [0.5, 0.6) is 0 Å². The molecule has 21 heavy (non-hydrogen) atoms. The summed E-state index contributed by atoms with van der Waals surface area (Å²) in [6.45, 7) is 4.74. The maximum Gasteiger partial charge on any atom is 0.272 e. The first-order valence-corrected chi connectivity index (χ1v) is 7.98. The van der Waals surface area contributed by atoms with Gasteiger partial charge in [-0.2, -0.15) is 0 Å². The first kappa shape index (κ1) is 15.7. The van der Waals surface area contributed by atoms with Gasteiger partial charge < -0.3 is 10.6 Å². The molecule has 112 valence electrons. The Morgan fingerprint density at radius 3 is 2.95 bits per heavy atom. The summed E-state index contributed by atoms with van der Waals surface area (Å²) >= 11 is 7.56. The van der Waals surface area contributed by atoms with Crippen molar-refractivity contribution in [3.8, 4) is 0 Å². The van der Waals surface area contributed by atoms with Crippen LogP contribution in [0.2, 0.25) is 5.02 Å². The molecular weight excluding hydrogens is 308 g/mol. The van der Waals surface area contributed by atoms with E-state index in [0.717, 1.165) is 18.0 Å². The van der Waals surface area contributed by atoms with E-state index in [0.29, 0.717) is 10.8 Å². The molecule has 2 heterocycles. The summed E-state index contributed by atoms with van der Waals surface area (Å²) in [6.07, 6.45) is 2.69. The molecule has 0 saturated heterocycles. The van der Waals surface area contributed by atoms with Gasteiger partial charge in [0.2, 0.25) is 0 Å². The van der Waals surface area contributed by atoms with E-state index in [4.69, 9.17) is 11.6 Å². The molecule has 0 aliphatic rings. The highest BCUT2D eigenvalue weighted by molar-refractivity contribution is 7.09. The first-order valence-electron chi connectivity index (χ1n) is 6.72. The summed E-state index contributed by atoms with van der Waals surface area (Å²) < 4.78 is 0. The van der Waals surface area contributed by atoms with Crippen LogP contribution in [0.25, 0.3) is 0 Å². The van der Waals surface area contributed by atoms with E-state index in [1.807, 2.05) is 12.3 Å². The molecule has 0 saturated carbocycles. The van der Waals surface area contributed by atoms with Crippen LogP contribution in [0.15, 0.2) is 23.7 Å². The van der Waals surface area contributed by atoms with Gasteiger partial charge in [0.1, 0.15) is 16.5 Å². The topological polar surface area (TPSA) is 66.9 Å². The molecule has 7 heteroatoms. The summed E-state index contributed by atoms with van der Waals surface area (Å²) in [6, 6.07) is 3.26. The van der Waals surface area contributed by atoms with E-state index in [-0.39, 0.29) is 17.6 Å². The summed E-state index contributed by atoms with van der Waals surface area (Å²) in [5.74, 6) is 0.344. The van der Waals surface area contributed by atoms with Crippen LogP contribution < -0.4 is 10.6 Å². The van der Waals surface area contributed by atoms with Gasteiger partial charge in [-0.1, -0.05) is 18.5 Å². The number of thiazole rings is 1. The number of anilines is 1. The van der Waals surface area contributed by atoms with Gasteiger partial charge in [-0.25, -0.2) is 9.97 Å². The van der Waals surface area contributed by atoms with E-state index in [2.05, 4.69) is 27.5 Å². The summed E-state index contributed by atoms with van der Waals surface area (Å²) in [7, 11) is 0. The van der Waals surface area contributed by atoms with Gasteiger partial charge in [0.25, 0.3) is 5.91 Å². The summed E-state index contributed by atoms with van der Waals surface area (Å²) in [5.41, 5.74) is 0.223. The number of nitrogens with zero attached hydrogens (tertiary/aromatic N) is 2. The fourth-order valence-electron chi connectivity index (χ4n) is 1.73. The summed E-state index contributed by atoms with van der Waals surface area (Å²) in [5, 5.41) is 9.05. The smallest absolute Gasteiger partial charge is 0.272 e. The fraction of sp³-hybridized carbons (Fsp3) is 0.357. The van der Waals surface area contributed by atoms with Crippen molar-refractivity contribution in [3.63, 3.8) is 0 Å². The zero-order valence-electron chi connectivity index (χ0n) is 11.9. The Morgan fingerprint density at radius 2 is 2.29 bits per heavy atom. The van der Waals surface area contributed by atoms with Crippen molar-refractivity contribution < 1.29 is 4.79 Å². The lowest BCUT2D eigenvalue weighted by molar-refractivity contribution is 0.0935. The van der Waals surface area contributed by atoms with Crippen molar-refractivity contribution in [1.82, 2.24) is 15.3 Å². The zero-order chi connectivity index (χ0) is 15.2. The molecule has 1 atom stereocenters. The van der Waals surface area contributed by atoms with Crippen LogP contribution in [0.3, 0.4) is 0 Å². The lowest BCUT2D eigenvalue weighted by Gasteiger charge is -2.12. The van der Waals surface area contributed by atoms with E-state index < -0.39 is 0 Å². The van der Waals surface area contributed by atoms with Gasteiger partial charge in [-0.3, -0.25) is 4.79 Å². The fourth-order valence-corrected chi connectivity index (χ4v) is 2.56. The number of carbonyl (C=O) groups is 1. The van der Waals surface area contributed by atoms with Crippen LogP contribution in [-0.4, -0.2) is 22.4 Å². The van der Waals surface area contributed by atoms with Crippen LogP contribution in [0, 0.1) is 0 Å². The number of hydrogen-bond acceptors (Lipinski definition) is 5. The Bertz CT molecular complexity index is 603. The minimum absolute atomic E-state index is 0.178. The Hall–Kier alpha value is -1.66. The number of carbonyl (C=O) groups excluding carboxylic acids is 1. The van der Waals surface area contributed by atoms with Crippen LogP contribution >= 0.6 is 22.9 Å². The van der Waals surface area contributed by atoms with Crippen LogP contribution in [0.1, 0.15) is 41.8 Å². The van der Waals surface area contributed by atoms with Crippen molar-refractivity contribution in [3.05, 3.63) is 39.4 Å². The van der Waals surface area contributed by atoms with Gasteiger partial charge >= 0.3 is 0 Å². The molecule has 0 spiro atoms. The number of pyridine rings is 1. The largest absolute Gasteiger partial charge is 0.370 e. The highest BCUT2D eigenvalue weighted by Gasteiger charge is 2.17. The van der Waals surface area contributed by atoms with Crippen LogP contribution in [-0.2, 0) is 0 Å². The van der Waals surface area contributed by atoms with E-state index >= 15 is 0 Å². The lowest BCUT2D eigenvalue weighted by atomic mass is 10.3. The van der Waals surface area contributed by atoms with Gasteiger partial charge in [0.15, 0.2) is 0 Å². The van der Waals surface area contributed by atoms with Crippen molar-refractivity contribution in [1.29, 1.82) is 0 Å². The Kier molecular flexibility index (Phi) is 5.52. The minimum Gasteiger partial charge on any atom is -0.370 e. The molecule has 1 unspecified atom stereocenters. The Morgan fingerprint density at radius 1 is 1.48 bits per heavy atom. The van der Waals surface area contributed by atoms with Crippen molar-refractivity contribution in [2.75, 3.05) is 11.9 Å². The second kappa shape index (κ2) is 7.38. The Labute approximate surface area is 132 Å². The molecule has 1 amide bonds. The second-order valence-corrected chi connectivity index (χ2v) is 5.85. The molecule has 2 N–H and O–H groups in total. The van der Waals surface area contributed by atoms with Crippen LogP contribution in [0.4, 0.5) is 5.82 Å². The third-order valence-electron chi connectivity index (χ3n) is 2.79. The SMILES string of the molecule is CCCNc1ccc(Cl)c(C(=O)NC(C)c2nccs2)n1. The maximum absolute atomic E-state index is 12.3. The highest BCUT2D eigenvalue weighted by atomic mass is 35.5. The van der Waals surface area contributed by atoms with E-state index in [1.54, 1.807) is 18.3 Å². The molecule has 0 bridgehead atoms. The number of amides is 1. The van der Waals surface area contributed by atoms with Gasteiger partial charge in [-0.15, -0.1) is 11.3 Å².